The Morgan fingerprint density at radius 3 is 2.44 bits per heavy atom. The molecule has 0 atom stereocenters. The first-order valence-electron chi connectivity index (χ1n) is 4.90. The summed E-state index contributed by atoms with van der Waals surface area (Å²) >= 11 is 5.64. The lowest BCUT2D eigenvalue weighted by Gasteiger charge is -2.32. The third-order valence-electron chi connectivity index (χ3n) is 2.05. The quantitative estimate of drug-likeness (QED) is 0.811. The van der Waals surface area contributed by atoms with E-state index in [0.717, 1.165) is 5.56 Å². The van der Waals surface area contributed by atoms with Crippen LogP contribution in [0.5, 0.6) is 0 Å². The number of amides is 1. The molecule has 0 radical (unpaired) electrons. The highest BCUT2D eigenvalue weighted by Crippen LogP contribution is 2.22. The molecule has 1 aromatic rings. The molecule has 1 heterocycles. The average Bonchev–Trinajstić information content (AvgIpc) is 2.16. The van der Waals surface area contributed by atoms with Gasteiger partial charge in [-0.05, 0) is 32.4 Å². The van der Waals surface area contributed by atoms with Crippen molar-refractivity contribution in [3.8, 4) is 0 Å². The van der Waals surface area contributed by atoms with E-state index in [1.165, 1.54) is 4.90 Å². The fraction of sp³-hybridized carbons (Fsp3) is 0.455. The van der Waals surface area contributed by atoms with Crippen LogP contribution in [-0.4, -0.2) is 21.7 Å². The minimum absolute atomic E-state index is 0.371. The molecule has 88 valence electrons. The number of anilines is 1. The SMILES string of the molecule is CC(C)(C)N(C(=O)O)c1ccc(CCl)cn1. The van der Waals surface area contributed by atoms with Gasteiger partial charge in [-0.15, -0.1) is 11.6 Å². The summed E-state index contributed by atoms with van der Waals surface area (Å²) in [6, 6.07) is 3.44. The van der Waals surface area contributed by atoms with Crippen LogP contribution >= 0.6 is 11.6 Å². The normalized spacial score (nSPS) is 11.2. The van der Waals surface area contributed by atoms with Crippen LogP contribution in [0, 0.1) is 0 Å². The summed E-state index contributed by atoms with van der Waals surface area (Å²) in [5.74, 6) is 0.782. The van der Waals surface area contributed by atoms with Crippen molar-refractivity contribution < 1.29 is 9.90 Å². The van der Waals surface area contributed by atoms with Crippen LogP contribution in [0.25, 0.3) is 0 Å². The molecule has 1 N–H and O–H groups in total. The highest BCUT2D eigenvalue weighted by Gasteiger charge is 2.28. The van der Waals surface area contributed by atoms with Gasteiger partial charge in [-0.25, -0.2) is 9.78 Å². The number of nitrogens with zero attached hydrogens (tertiary/aromatic N) is 2. The molecule has 16 heavy (non-hydrogen) atoms. The maximum absolute atomic E-state index is 11.2. The van der Waals surface area contributed by atoms with Crippen molar-refractivity contribution >= 4 is 23.5 Å². The maximum Gasteiger partial charge on any atom is 0.413 e. The second kappa shape index (κ2) is 4.70. The first-order valence-corrected chi connectivity index (χ1v) is 5.44. The number of carboxylic acid groups (broad SMARTS) is 1. The van der Waals surface area contributed by atoms with E-state index < -0.39 is 11.6 Å². The third-order valence-corrected chi connectivity index (χ3v) is 2.36. The Kier molecular flexibility index (Phi) is 3.75. The summed E-state index contributed by atoms with van der Waals surface area (Å²) in [7, 11) is 0. The standard InChI is InChI=1S/C11H15ClN2O2/c1-11(2,3)14(10(15)16)9-5-4-8(6-12)7-13-9/h4-5,7H,6H2,1-3H3,(H,15,16). The first kappa shape index (κ1) is 12.8. The summed E-state index contributed by atoms with van der Waals surface area (Å²) in [6.07, 6.45) is 0.572. The van der Waals surface area contributed by atoms with Crippen LogP contribution in [-0.2, 0) is 5.88 Å². The molecule has 0 fully saturated rings. The van der Waals surface area contributed by atoms with Crippen molar-refractivity contribution in [2.24, 2.45) is 0 Å². The van der Waals surface area contributed by atoms with E-state index in [-0.39, 0.29) is 0 Å². The number of hydrogen-bond acceptors (Lipinski definition) is 2. The molecule has 0 saturated carbocycles. The Labute approximate surface area is 99.9 Å². The average molecular weight is 243 g/mol. The molecule has 0 spiro atoms. The molecule has 0 unspecified atom stereocenters. The van der Waals surface area contributed by atoms with Gasteiger partial charge in [0.1, 0.15) is 5.82 Å². The van der Waals surface area contributed by atoms with Crippen LogP contribution < -0.4 is 4.90 Å². The molecule has 0 aromatic carbocycles. The molecule has 0 saturated heterocycles. The van der Waals surface area contributed by atoms with Gasteiger partial charge in [-0.1, -0.05) is 6.07 Å². The van der Waals surface area contributed by atoms with Crippen LogP contribution in [0.2, 0.25) is 0 Å². The molecule has 0 aliphatic heterocycles. The minimum Gasteiger partial charge on any atom is -0.465 e. The molecule has 1 rings (SSSR count). The largest absolute Gasteiger partial charge is 0.465 e. The summed E-state index contributed by atoms with van der Waals surface area (Å²) in [5.41, 5.74) is 0.339. The second-order valence-electron chi connectivity index (χ2n) is 4.45. The van der Waals surface area contributed by atoms with Crippen molar-refractivity contribution in [2.45, 2.75) is 32.2 Å². The monoisotopic (exact) mass is 242 g/mol. The number of halogens is 1. The zero-order valence-electron chi connectivity index (χ0n) is 9.57. The van der Waals surface area contributed by atoms with Crippen molar-refractivity contribution in [1.29, 1.82) is 0 Å². The lowest BCUT2D eigenvalue weighted by atomic mass is 10.1. The van der Waals surface area contributed by atoms with Crippen LogP contribution in [0.3, 0.4) is 0 Å². The fourth-order valence-electron chi connectivity index (χ4n) is 1.36. The Balaban J connectivity index is 3.07. The van der Waals surface area contributed by atoms with Crippen LogP contribution in [0.4, 0.5) is 10.6 Å². The van der Waals surface area contributed by atoms with Crippen molar-refractivity contribution in [2.75, 3.05) is 4.90 Å². The van der Waals surface area contributed by atoms with Crippen LogP contribution in [0.1, 0.15) is 26.3 Å². The molecule has 1 aromatic heterocycles. The molecule has 1 amide bonds. The Bertz CT molecular complexity index is 371. The second-order valence-corrected chi connectivity index (χ2v) is 4.71. The van der Waals surface area contributed by atoms with Gasteiger partial charge in [0.05, 0.1) is 0 Å². The summed E-state index contributed by atoms with van der Waals surface area (Å²) in [4.78, 5) is 16.5. The minimum atomic E-state index is -1.02. The molecule has 0 aliphatic carbocycles. The van der Waals surface area contributed by atoms with Crippen LogP contribution in [0.15, 0.2) is 18.3 Å². The first-order chi connectivity index (χ1) is 7.36. The van der Waals surface area contributed by atoms with Gasteiger partial charge < -0.3 is 5.11 Å². The van der Waals surface area contributed by atoms with Crippen molar-refractivity contribution in [1.82, 2.24) is 4.98 Å². The zero-order chi connectivity index (χ0) is 12.3. The van der Waals surface area contributed by atoms with Gasteiger partial charge in [-0.3, -0.25) is 4.90 Å². The number of rotatable bonds is 2. The van der Waals surface area contributed by atoms with Gasteiger partial charge in [0.15, 0.2) is 0 Å². The molecule has 4 nitrogen and oxygen atoms in total. The lowest BCUT2D eigenvalue weighted by molar-refractivity contribution is 0.195. The van der Waals surface area contributed by atoms with Gasteiger partial charge in [-0.2, -0.15) is 0 Å². The third kappa shape index (κ3) is 2.85. The van der Waals surface area contributed by atoms with Gasteiger partial charge in [0, 0.05) is 17.6 Å². The fourth-order valence-corrected chi connectivity index (χ4v) is 1.51. The Hall–Kier alpha value is -1.29. The molecule has 0 bridgehead atoms. The predicted octanol–water partition coefficient (Wildman–Crippen LogP) is 3.10. The van der Waals surface area contributed by atoms with E-state index in [1.807, 2.05) is 20.8 Å². The van der Waals surface area contributed by atoms with Crippen molar-refractivity contribution in [3.63, 3.8) is 0 Å². The van der Waals surface area contributed by atoms with E-state index in [0.29, 0.717) is 11.7 Å². The van der Waals surface area contributed by atoms with Gasteiger partial charge in [0.25, 0.3) is 0 Å². The smallest absolute Gasteiger partial charge is 0.413 e. The highest BCUT2D eigenvalue weighted by atomic mass is 35.5. The predicted molar refractivity (Wildman–Crippen MR) is 64.1 cm³/mol. The van der Waals surface area contributed by atoms with E-state index in [2.05, 4.69) is 4.98 Å². The number of carbonyl (C=O) groups is 1. The topological polar surface area (TPSA) is 53.4 Å². The number of pyridine rings is 1. The zero-order valence-corrected chi connectivity index (χ0v) is 10.3. The van der Waals surface area contributed by atoms with E-state index in [4.69, 9.17) is 16.7 Å². The van der Waals surface area contributed by atoms with Gasteiger partial charge in [0.2, 0.25) is 0 Å². The molecule has 5 heteroatoms. The van der Waals surface area contributed by atoms with E-state index in [1.54, 1.807) is 18.3 Å². The number of hydrogen-bond donors (Lipinski definition) is 1. The Morgan fingerprint density at radius 1 is 1.50 bits per heavy atom. The molecular formula is C11H15ClN2O2. The van der Waals surface area contributed by atoms with E-state index in [9.17, 15) is 4.79 Å². The summed E-state index contributed by atoms with van der Waals surface area (Å²) in [6.45, 7) is 5.45. The number of alkyl halides is 1. The van der Waals surface area contributed by atoms with E-state index >= 15 is 0 Å². The van der Waals surface area contributed by atoms with Gasteiger partial charge >= 0.3 is 6.09 Å². The summed E-state index contributed by atoms with van der Waals surface area (Å²) < 4.78 is 0. The summed E-state index contributed by atoms with van der Waals surface area (Å²) in [5, 5.41) is 9.15. The Morgan fingerprint density at radius 2 is 2.12 bits per heavy atom. The molecule has 0 aliphatic rings. The lowest BCUT2D eigenvalue weighted by Crippen LogP contribution is -2.45. The van der Waals surface area contributed by atoms with Crippen molar-refractivity contribution in [3.05, 3.63) is 23.9 Å². The maximum atomic E-state index is 11.2. The number of aromatic nitrogens is 1. The highest BCUT2D eigenvalue weighted by molar-refractivity contribution is 6.17. The molecular weight excluding hydrogens is 228 g/mol.